The molecule has 1 fully saturated rings. The maximum atomic E-state index is 5.82. The van der Waals surface area contributed by atoms with Crippen molar-refractivity contribution in [3.8, 4) is 0 Å². The first kappa shape index (κ1) is 13.4. The van der Waals surface area contributed by atoms with Gasteiger partial charge in [0.2, 0.25) is 0 Å². The van der Waals surface area contributed by atoms with Crippen LogP contribution < -0.4 is 10.6 Å². The van der Waals surface area contributed by atoms with Gasteiger partial charge in [-0.05, 0) is 44.4 Å². The molecule has 18 heavy (non-hydrogen) atoms. The number of rotatable bonds is 3. The Bertz CT molecular complexity index is 361. The van der Waals surface area contributed by atoms with E-state index in [1.807, 2.05) is 6.92 Å². The molecule has 100 valence electrons. The van der Waals surface area contributed by atoms with Crippen molar-refractivity contribution in [3.63, 3.8) is 0 Å². The van der Waals surface area contributed by atoms with Crippen molar-refractivity contribution in [3.05, 3.63) is 29.8 Å². The zero-order valence-electron chi connectivity index (χ0n) is 11.4. The van der Waals surface area contributed by atoms with Gasteiger partial charge in [0.25, 0.3) is 0 Å². The lowest BCUT2D eigenvalue weighted by atomic mass is 10.1. The average Bonchev–Trinajstić information content (AvgIpc) is 2.54. The lowest BCUT2D eigenvalue weighted by Crippen LogP contribution is -2.30. The van der Waals surface area contributed by atoms with Gasteiger partial charge in [0, 0.05) is 31.4 Å². The highest BCUT2D eigenvalue weighted by atomic mass is 16.5. The van der Waals surface area contributed by atoms with Crippen LogP contribution in [0.25, 0.3) is 0 Å². The van der Waals surface area contributed by atoms with Crippen LogP contribution in [-0.4, -0.2) is 31.8 Å². The Morgan fingerprint density at radius 2 is 2.11 bits per heavy atom. The third-order valence-corrected chi connectivity index (χ3v) is 3.31. The molecule has 0 spiro atoms. The number of hydrogen-bond acceptors (Lipinski definition) is 3. The zero-order valence-corrected chi connectivity index (χ0v) is 11.4. The molecule has 2 rings (SSSR count). The lowest BCUT2D eigenvalue weighted by molar-refractivity contribution is 0.0821. The Morgan fingerprint density at radius 3 is 2.78 bits per heavy atom. The van der Waals surface area contributed by atoms with Crippen LogP contribution in [0, 0.1) is 0 Å². The molecule has 0 saturated carbocycles. The second-order valence-corrected chi connectivity index (χ2v) is 5.33. The molecule has 3 heteroatoms. The van der Waals surface area contributed by atoms with Crippen molar-refractivity contribution in [1.82, 2.24) is 0 Å². The molecule has 2 unspecified atom stereocenters. The molecule has 3 nitrogen and oxygen atoms in total. The molecular weight excluding hydrogens is 224 g/mol. The van der Waals surface area contributed by atoms with Crippen molar-refractivity contribution in [2.45, 2.75) is 38.8 Å². The van der Waals surface area contributed by atoms with Gasteiger partial charge in [0.05, 0.1) is 6.10 Å². The van der Waals surface area contributed by atoms with Crippen LogP contribution in [0.5, 0.6) is 0 Å². The molecule has 0 bridgehead atoms. The monoisotopic (exact) mass is 248 g/mol. The summed E-state index contributed by atoms with van der Waals surface area (Å²) >= 11 is 0. The quantitative estimate of drug-likeness (QED) is 0.891. The predicted molar refractivity (Wildman–Crippen MR) is 76.0 cm³/mol. The maximum Gasteiger partial charge on any atom is 0.0721 e. The Balaban J connectivity index is 2.03. The van der Waals surface area contributed by atoms with Gasteiger partial charge < -0.3 is 15.4 Å². The fourth-order valence-electron chi connectivity index (χ4n) is 2.44. The summed E-state index contributed by atoms with van der Waals surface area (Å²) in [6.45, 7) is 7.12. The van der Waals surface area contributed by atoms with E-state index in [1.54, 1.807) is 0 Å². The predicted octanol–water partition coefficient (Wildman–Crippen LogP) is 2.19. The van der Waals surface area contributed by atoms with Crippen LogP contribution in [-0.2, 0) is 11.2 Å². The number of ether oxygens (including phenoxy) is 1. The van der Waals surface area contributed by atoms with E-state index in [0.29, 0.717) is 6.10 Å². The van der Waals surface area contributed by atoms with Gasteiger partial charge in [-0.15, -0.1) is 0 Å². The largest absolute Gasteiger partial charge is 0.377 e. The summed E-state index contributed by atoms with van der Waals surface area (Å²) in [5, 5.41) is 0. The highest BCUT2D eigenvalue weighted by molar-refractivity contribution is 5.48. The van der Waals surface area contributed by atoms with Crippen molar-refractivity contribution in [1.29, 1.82) is 0 Å². The van der Waals surface area contributed by atoms with Crippen molar-refractivity contribution in [2.24, 2.45) is 5.73 Å². The van der Waals surface area contributed by atoms with E-state index in [-0.39, 0.29) is 6.04 Å². The molecule has 0 amide bonds. The molecule has 2 N–H and O–H groups in total. The summed E-state index contributed by atoms with van der Waals surface area (Å²) < 4.78 is 5.67. The normalized spacial score (nSPS) is 22.6. The zero-order chi connectivity index (χ0) is 13.0. The van der Waals surface area contributed by atoms with E-state index in [1.165, 1.54) is 11.3 Å². The van der Waals surface area contributed by atoms with Gasteiger partial charge in [-0.1, -0.05) is 12.1 Å². The van der Waals surface area contributed by atoms with Crippen molar-refractivity contribution < 1.29 is 4.74 Å². The standard InChI is InChI=1S/C15H24N2O/c1-12(16)10-14-4-6-15(7-5-14)17-8-3-9-18-13(2)11-17/h4-7,12-13H,3,8-11,16H2,1-2H3. The molecule has 0 aliphatic carbocycles. The minimum atomic E-state index is 0.224. The van der Waals surface area contributed by atoms with E-state index < -0.39 is 0 Å². The van der Waals surface area contributed by atoms with Gasteiger partial charge >= 0.3 is 0 Å². The molecular formula is C15H24N2O. The molecule has 1 aliphatic heterocycles. The van der Waals surface area contributed by atoms with Crippen LogP contribution in [0.15, 0.2) is 24.3 Å². The van der Waals surface area contributed by atoms with E-state index in [0.717, 1.165) is 32.5 Å². The third-order valence-electron chi connectivity index (χ3n) is 3.31. The lowest BCUT2D eigenvalue weighted by Gasteiger charge is -2.24. The van der Waals surface area contributed by atoms with Crippen LogP contribution >= 0.6 is 0 Å². The van der Waals surface area contributed by atoms with Gasteiger partial charge in [-0.2, -0.15) is 0 Å². The number of benzene rings is 1. The summed E-state index contributed by atoms with van der Waals surface area (Å²) in [4.78, 5) is 2.41. The highest BCUT2D eigenvalue weighted by Crippen LogP contribution is 2.19. The first-order valence-electron chi connectivity index (χ1n) is 6.86. The molecule has 2 atom stereocenters. The Kier molecular flexibility index (Phi) is 4.61. The number of hydrogen-bond donors (Lipinski definition) is 1. The summed E-state index contributed by atoms with van der Waals surface area (Å²) in [5.41, 5.74) is 8.42. The van der Waals surface area contributed by atoms with Crippen molar-refractivity contribution >= 4 is 5.69 Å². The summed E-state index contributed by atoms with van der Waals surface area (Å²) in [5.74, 6) is 0. The number of nitrogens with two attached hydrogens (primary N) is 1. The van der Waals surface area contributed by atoms with Gasteiger partial charge in [0.15, 0.2) is 0 Å². The van der Waals surface area contributed by atoms with E-state index >= 15 is 0 Å². The van der Waals surface area contributed by atoms with Gasteiger partial charge in [-0.25, -0.2) is 0 Å². The Morgan fingerprint density at radius 1 is 1.39 bits per heavy atom. The molecule has 1 aliphatic rings. The molecule has 1 aromatic rings. The SMILES string of the molecule is CC(N)Cc1ccc(N2CCCOC(C)C2)cc1. The second-order valence-electron chi connectivity index (χ2n) is 5.33. The minimum absolute atomic E-state index is 0.224. The molecule has 1 saturated heterocycles. The van der Waals surface area contributed by atoms with Gasteiger partial charge in [-0.3, -0.25) is 0 Å². The highest BCUT2D eigenvalue weighted by Gasteiger charge is 2.15. The minimum Gasteiger partial charge on any atom is -0.377 e. The van der Waals surface area contributed by atoms with Gasteiger partial charge in [0.1, 0.15) is 0 Å². The smallest absolute Gasteiger partial charge is 0.0721 e. The fourth-order valence-corrected chi connectivity index (χ4v) is 2.44. The topological polar surface area (TPSA) is 38.5 Å². The Hall–Kier alpha value is -1.06. The van der Waals surface area contributed by atoms with Crippen molar-refractivity contribution in [2.75, 3.05) is 24.6 Å². The van der Waals surface area contributed by atoms with Crippen LogP contribution in [0.1, 0.15) is 25.8 Å². The number of nitrogens with zero attached hydrogens (tertiary/aromatic N) is 1. The molecule has 0 aromatic heterocycles. The molecule has 1 aromatic carbocycles. The van der Waals surface area contributed by atoms with E-state index in [9.17, 15) is 0 Å². The van der Waals surface area contributed by atoms with E-state index in [2.05, 4.69) is 36.1 Å². The third kappa shape index (κ3) is 3.72. The van der Waals surface area contributed by atoms with Crippen LogP contribution in [0.2, 0.25) is 0 Å². The van der Waals surface area contributed by atoms with Crippen LogP contribution in [0.3, 0.4) is 0 Å². The average molecular weight is 248 g/mol. The summed E-state index contributed by atoms with van der Waals surface area (Å²) in [7, 11) is 0. The first-order valence-corrected chi connectivity index (χ1v) is 6.86. The summed E-state index contributed by atoms with van der Waals surface area (Å²) in [6.07, 6.45) is 2.36. The fraction of sp³-hybridized carbons (Fsp3) is 0.600. The van der Waals surface area contributed by atoms with E-state index in [4.69, 9.17) is 10.5 Å². The molecule has 0 radical (unpaired) electrons. The first-order chi connectivity index (χ1) is 8.65. The molecule has 1 heterocycles. The Labute approximate surface area is 110 Å². The van der Waals surface area contributed by atoms with Crippen LogP contribution in [0.4, 0.5) is 5.69 Å². The number of anilines is 1. The second kappa shape index (κ2) is 6.21. The maximum absolute atomic E-state index is 5.82. The summed E-state index contributed by atoms with van der Waals surface area (Å²) in [6, 6.07) is 9.01.